The lowest BCUT2D eigenvalue weighted by Crippen LogP contribution is -2.35. The molecule has 7 heteroatoms. The van der Waals surface area contributed by atoms with E-state index in [1.54, 1.807) is 0 Å². The second-order valence-corrected chi connectivity index (χ2v) is 4.84. The highest BCUT2D eigenvalue weighted by Crippen LogP contribution is 2.02. The molecular weight excluding hydrogens is 286 g/mol. The molecule has 0 unspecified atom stereocenters. The Morgan fingerprint density at radius 1 is 1.32 bits per heavy atom. The third-order valence-electron chi connectivity index (χ3n) is 3.29. The molecule has 1 heterocycles. The van der Waals surface area contributed by atoms with Crippen molar-refractivity contribution in [2.24, 2.45) is 0 Å². The second-order valence-electron chi connectivity index (χ2n) is 4.84. The van der Waals surface area contributed by atoms with Gasteiger partial charge in [-0.2, -0.15) is 5.10 Å². The fourth-order valence-electron chi connectivity index (χ4n) is 1.92. The summed E-state index contributed by atoms with van der Waals surface area (Å²) in [5.74, 6) is -0.663. The van der Waals surface area contributed by atoms with Gasteiger partial charge in [-0.1, -0.05) is 13.3 Å². The van der Waals surface area contributed by atoms with Gasteiger partial charge in [-0.3, -0.25) is 14.4 Å². The van der Waals surface area contributed by atoms with E-state index in [2.05, 4.69) is 9.84 Å². The molecule has 1 aromatic heterocycles. The van der Waals surface area contributed by atoms with E-state index in [9.17, 15) is 14.4 Å². The van der Waals surface area contributed by atoms with E-state index < -0.39 is 0 Å². The monoisotopic (exact) mass is 309 g/mol. The molecule has 1 aromatic rings. The molecule has 0 aromatic carbocycles. The van der Waals surface area contributed by atoms with Crippen molar-refractivity contribution in [2.75, 3.05) is 20.2 Å². The minimum absolute atomic E-state index is 0.131. The summed E-state index contributed by atoms with van der Waals surface area (Å²) >= 11 is 0. The first-order chi connectivity index (χ1) is 10.5. The number of hydrogen-bond donors (Lipinski definition) is 0. The van der Waals surface area contributed by atoms with Gasteiger partial charge in [0.1, 0.15) is 5.69 Å². The van der Waals surface area contributed by atoms with Crippen LogP contribution in [0.15, 0.2) is 16.9 Å². The number of unbranched alkanes of at least 4 members (excludes halogenated alkanes) is 1. The summed E-state index contributed by atoms with van der Waals surface area (Å²) in [6.07, 6.45) is 1.89. The Kier molecular flexibility index (Phi) is 7.28. The van der Waals surface area contributed by atoms with Gasteiger partial charge in [0.15, 0.2) is 0 Å². The Bertz CT molecular complexity index is 568. The van der Waals surface area contributed by atoms with Gasteiger partial charge in [0.05, 0.1) is 13.5 Å². The Labute approximate surface area is 129 Å². The fraction of sp³-hybridized carbons (Fsp3) is 0.600. The molecule has 1 rings (SSSR count). The average molecular weight is 309 g/mol. The predicted octanol–water partition coefficient (Wildman–Crippen LogP) is 1.07. The molecule has 22 heavy (non-hydrogen) atoms. The molecule has 0 N–H and O–H groups in total. The van der Waals surface area contributed by atoms with Crippen molar-refractivity contribution < 1.29 is 14.3 Å². The summed E-state index contributed by atoms with van der Waals surface area (Å²) in [6, 6.07) is 2.78. The summed E-state index contributed by atoms with van der Waals surface area (Å²) in [5.41, 5.74) is -0.00923. The summed E-state index contributed by atoms with van der Waals surface area (Å²) in [4.78, 5) is 36.8. The highest BCUT2D eigenvalue weighted by Gasteiger charge is 2.17. The van der Waals surface area contributed by atoms with Gasteiger partial charge < -0.3 is 9.64 Å². The van der Waals surface area contributed by atoms with Crippen molar-refractivity contribution in [1.29, 1.82) is 0 Å². The maximum absolute atomic E-state index is 12.4. The molecule has 0 aliphatic heterocycles. The normalized spacial score (nSPS) is 10.3. The van der Waals surface area contributed by atoms with Gasteiger partial charge in [0, 0.05) is 25.7 Å². The van der Waals surface area contributed by atoms with Crippen LogP contribution in [0.5, 0.6) is 0 Å². The molecule has 1 amide bonds. The van der Waals surface area contributed by atoms with Crippen LogP contribution in [-0.4, -0.2) is 46.8 Å². The van der Waals surface area contributed by atoms with Crippen LogP contribution < -0.4 is 5.56 Å². The van der Waals surface area contributed by atoms with E-state index in [0.29, 0.717) is 13.1 Å². The van der Waals surface area contributed by atoms with Gasteiger partial charge in [-0.05, 0) is 19.4 Å². The molecule has 0 fully saturated rings. The molecule has 122 valence electrons. The molecule has 0 spiro atoms. The topological polar surface area (TPSA) is 81.5 Å². The Morgan fingerprint density at radius 3 is 2.64 bits per heavy atom. The van der Waals surface area contributed by atoms with Crippen LogP contribution in [0.2, 0.25) is 0 Å². The molecule has 0 saturated carbocycles. The van der Waals surface area contributed by atoms with E-state index in [1.165, 1.54) is 28.8 Å². The van der Waals surface area contributed by atoms with Crippen LogP contribution in [-0.2, 0) is 16.1 Å². The standard InChI is InChI=1S/C15H23N3O4/c1-4-6-10-18-13(19)8-7-12(16-18)15(21)17(5-2)11-9-14(20)22-3/h7-8H,4-6,9-11H2,1-3H3. The van der Waals surface area contributed by atoms with Crippen molar-refractivity contribution in [3.8, 4) is 0 Å². The molecule has 0 saturated heterocycles. The lowest BCUT2D eigenvalue weighted by Gasteiger charge is -2.20. The second kappa shape index (κ2) is 8.96. The first kappa shape index (κ1) is 17.9. The third-order valence-corrected chi connectivity index (χ3v) is 3.29. The number of methoxy groups -OCH3 is 1. The molecule has 0 aliphatic rings. The fourth-order valence-corrected chi connectivity index (χ4v) is 1.92. The van der Waals surface area contributed by atoms with Crippen LogP contribution in [0.3, 0.4) is 0 Å². The summed E-state index contributed by atoms with van der Waals surface area (Å²) < 4.78 is 5.88. The predicted molar refractivity (Wildman–Crippen MR) is 81.6 cm³/mol. The van der Waals surface area contributed by atoms with Gasteiger partial charge in [-0.25, -0.2) is 4.68 Å². The van der Waals surface area contributed by atoms with Crippen molar-refractivity contribution in [2.45, 2.75) is 39.7 Å². The van der Waals surface area contributed by atoms with Crippen LogP contribution >= 0.6 is 0 Å². The number of nitrogens with zero attached hydrogens (tertiary/aromatic N) is 3. The maximum Gasteiger partial charge on any atom is 0.307 e. The SMILES string of the molecule is CCCCn1nc(C(=O)N(CC)CCC(=O)OC)ccc1=O. The third kappa shape index (κ3) is 4.98. The number of amides is 1. The quantitative estimate of drug-likeness (QED) is 0.671. The zero-order valence-corrected chi connectivity index (χ0v) is 13.4. The van der Waals surface area contributed by atoms with Crippen LogP contribution in [0.4, 0.5) is 0 Å². The van der Waals surface area contributed by atoms with Gasteiger partial charge in [-0.15, -0.1) is 0 Å². The first-order valence-electron chi connectivity index (χ1n) is 7.47. The number of carbonyl (C=O) groups excluding carboxylic acids is 2. The van der Waals surface area contributed by atoms with E-state index in [4.69, 9.17) is 0 Å². The van der Waals surface area contributed by atoms with Crippen LogP contribution in [0.25, 0.3) is 0 Å². The number of ether oxygens (including phenoxy) is 1. The maximum atomic E-state index is 12.4. The zero-order valence-electron chi connectivity index (χ0n) is 13.4. The van der Waals surface area contributed by atoms with Gasteiger partial charge in [0.2, 0.25) is 0 Å². The van der Waals surface area contributed by atoms with Gasteiger partial charge in [0.25, 0.3) is 11.5 Å². The summed E-state index contributed by atoms with van der Waals surface area (Å²) in [6.45, 7) is 5.04. The highest BCUT2D eigenvalue weighted by atomic mass is 16.5. The minimum atomic E-state index is -0.368. The van der Waals surface area contributed by atoms with Crippen molar-refractivity contribution >= 4 is 11.9 Å². The Morgan fingerprint density at radius 2 is 2.05 bits per heavy atom. The largest absolute Gasteiger partial charge is 0.469 e. The first-order valence-corrected chi connectivity index (χ1v) is 7.47. The average Bonchev–Trinajstić information content (AvgIpc) is 2.54. The van der Waals surface area contributed by atoms with Crippen molar-refractivity contribution in [3.05, 3.63) is 28.2 Å². The molecule has 0 atom stereocenters. The number of aryl methyl sites for hydroxylation is 1. The highest BCUT2D eigenvalue weighted by molar-refractivity contribution is 5.92. The summed E-state index contributed by atoms with van der Waals surface area (Å²) in [5, 5.41) is 4.12. The van der Waals surface area contributed by atoms with E-state index >= 15 is 0 Å². The molecular formula is C15H23N3O4. The van der Waals surface area contributed by atoms with Crippen molar-refractivity contribution in [1.82, 2.24) is 14.7 Å². The number of aromatic nitrogens is 2. The Hall–Kier alpha value is -2.18. The molecule has 0 radical (unpaired) electrons. The molecule has 0 aliphatic carbocycles. The summed E-state index contributed by atoms with van der Waals surface area (Å²) in [7, 11) is 1.31. The molecule has 7 nitrogen and oxygen atoms in total. The lowest BCUT2D eigenvalue weighted by atomic mass is 10.3. The van der Waals surface area contributed by atoms with Crippen LogP contribution in [0.1, 0.15) is 43.6 Å². The lowest BCUT2D eigenvalue weighted by molar-refractivity contribution is -0.140. The number of esters is 1. The van der Waals surface area contributed by atoms with Gasteiger partial charge >= 0.3 is 5.97 Å². The minimum Gasteiger partial charge on any atom is -0.469 e. The number of hydrogen-bond acceptors (Lipinski definition) is 5. The smallest absolute Gasteiger partial charge is 0.307 e. The number of rotatable bonds is 8. The number of carbonyl (C=O) groups is 2. The van der Waals surface area contributed by atoms with E-state index in [0.717, 1.165) is 12.8 Å². The Balaban J connectivity index is 2.85. The van der Waals surface area contributed by atoms with E-state index in [1.807, 2.05) is 13.8 Å². The molecule has 0 bridgehead atoms. The van der Waals surface area contributed by atoms with Crippen molar-refractivity contribution in [3.63, 3.8) is 0 Å². The van der Waals surface area contributed by atoms with Crippen LogP contribution in [0, 0.1) is 0 Å². The van der Waals surface area contributed by atoms with E-state index in [-0.39, 0.29) is 36.1 Å². The zero-order chi connectivity index (χ0) is 16.5.